The smallest absolute Gasteiger partial charge is 0.184 e. The molecule has 5 aliphatic rings. The monoisotopic (exact) mass is 395 g/mol. The lowest BCUT2D eigenvalue weighted by atomic mass is 9.49. The molecule has 0 amide bonds. The molecule has 5 heteroatoms. The number of phenolic OH excluding ortho intramolecular Hbond substituents is 1. The van der Waals surface area contributed by atoms with Crippen LogP contribution in [-0.2, 0) is 21.4 Å². The summed E-state index contributed by atoms with van der Waals surface area (Å²) >= 11 is 0. The molecular formula is C24H29NO4. The number of likely N-dealkylation sites (tertiary alicyclic amines) is 1. The molecule has 2 heterocycles. The minimum absolute atomic E-state index is 0.0474. The zero-order chi connectivity index (χ0) is 20.1. The van der Waals surface area contributed by atoms with Crippen LogP contribution in [0.3, 0.4) is 0 Å². The van der Waals surface area contributed by atoms with Gasteiger partial charge in [0, 0.05) is 29.5 Å². The number of phenols is 1. The van der Waals surface area contributed by atoms with Crippen LogP contribution in [0, 0.1) is 23.7 Å². The highest BCUT2D eigenvalue weighted by Crippen LogP contribution is 2.64. The Morgan fingerprint density at radius 2 is 2.14 bits per heavy atom. The number of benzene rings is 1. The molecule has 3 fully saturated rings. The Balaban J connectivity index is 1.50. The summed E-state index contributed by atoms with van der Waals surface area (Å²) in [7, 11) is 0. The highest BCUT2D eigenvalue weighted by molar-refractivity contribution is 6.07. The van der Waals surface area contributed by atoms with E-state index in [1.165, 1.54) is 18.4 Å². The van der Waals surface area contributed by atoms with Gasteiger partial charge in [-0.15, -0.1) is 0 Å². The average Bonchev–Trinajstić information content (AvgIpc) is 3.44. The number of nitrogens with zero attached hydrogens (tertiary/aromatic N) is 1. The van der Waals surface area contributed by atoms with E-state index in [0.29, 0.717) is 18.2 Å². The highest BCUT2D eigenvalue weighted by Gasteiger charge is 2.68. The van der Waals surface area contributed by atoms with Crippen LogP contribution in [0.15, 0.2) is 12.1 Å². The summed E-state index contributed by atoms with van der Waals surface area (Å²) < 4.78 is 6.24. The molecule has 29 heavy (non-hydrogen) atoms. The molecule has 1 aromatic carbocycles. The van der Waals surface area contributed by atoms with Gasteiger partial charge in [0.05, 0.1) is 5.92 Å². The Hall–Kier alpha value is -1.88. The lowest BCUT2D eigenvalue weighted by Crippen LogP contribution is -2.68. The number of carbonyl (C=O) groups is 2. The van der Waals surface area contributed by atoms with Gasteiger partial charge in [-0.1, -0.05) is 19.9 Å². The van der Waals surface area contributed by atoms with Crippen LogP contribution in [0.2, 0.25) is 0 Å². The summed E-state index contributed by atoms with van der Waals surface area (Å²) in [5.74, 6) is 0.957. The number of hydrogen-bond acceptors (Lipinski definition) is 5. The van der Waals surface area contributed by atoms with Crippen LogP contribution in [-0.4, -0.2) is 46.8 Å². The quantitative estimate of drug-likeness (QED) is 0.794. The summed E-state index contributed by atoms with van der Waals surface area (Å²) in [4.78, 5) is 29.1. The van der Waals surface area contributed by atoms with Gasteiger partial charge in [-0.25, -0.2) is 0 Å². The third-order valence-corrected chi connectivity index (χ3v) is 8.42. The summed E-state index contributed by atoms with van der Waals surface area (Å²) in [5.41, 5.74) is 1.94. The van der Waals surface area contributed by atoms with Gasteiger partial charge in [0.1, 0.15) is 5.78 Å². The van der Waals surface area contributed by atoms with Crippen LogP contribution in [0.1, 0.15) is 50.7 Å². The van der Waals surface area contributed by atoms with Crippen LogP contribution in [0.4, 0.5) is 0 Å². The van der Waals surface area contributed by atoms with E-state index in [1.54, 1.807) is 6.07 Å². The summed E-state index contributed by atoms with van der Waals surface area (Å²) in [6, 6.07) is 4.10. The Kier molecular flexibility index (Phi) is 3.61. The first kappa shape index (κ1) is 17.9. The van der Waals surface area contributed by atoms with E-state index < -0.39 is 12.0 Å². The molecule has 2 bridgehead atoms. The van der Waals surface area contributed by atoms with E-state index >= 15 is 0 Å². The minimum atomic E-state index is -0.623. The molecular weight excluding hydrogens is 366 g/mol. The van der Waals surface area contributed by atoms with Crippen LogP contribution in [0.5, 0.6) is 11.5 Å². The van der Waals surface area contributed by atoms with E-state index in [2.05, 4.69) is 4.90 Å². The molecule has 2 aliphatic heterocycles. The lowest BCUT2D eigenvalue weighted by molar-refractivity contribution is -0.152. The second-order valence-electron chi connectivity index (χ2n) is 10.3. The number of ketones is 2. The minimum Gasteiger partial charge on any atom is -0.504 e. The molecule has 1 aromatic rings. The fourth-order valence-corrected chi connectivity index (χ4v) is 6.93. The normalized spacial score (nSPS) is 37.4. The first-order chi connectivity index (χ1) is 13.9. The average molecular weight is 395 g/mol. The molecule has 5 atom stereocenters. The molecule has 6 rings (SSSR count). The van der Waals surface area contributed by atoms with Crippen LogP contribution < -0.4 is 4.74 Å². The van der Waals surface area contributed by atoms with Gasteiger partial charge >= 0.3 is 0 Å². The second-order valence-corrected chi connectivity index (χ2v) is 10.3. The topological polar surface area (TPSA) is 66.8 Å². The molecule has 2 saturated carbocycles. The molecule has 5 unspecified atom stereocenters. The largest absolute Gasteiger partial charge is 0.504 e. The van der Waals surface area contributed by atoms with E-state index in [-0.39, 0.29) is 34.6 Å². The van der Waals surface area contributed by atoms with Crippen molar-refractivity contribution in [2.75, 3.05) is 13.1 Å². The van der Waals surface area contributed by atoms with Gasteiger partial charge < -0.3 is 9.84 Å². The molecule has 3 aliphatic carbocycles. The highest BCUT2D eigenvalue weighted by atomic mass is 16.5. The van der Waals surface area contributed by atoms with Crippen molar-refractivity contribution in [2.24, 2.45) is 23.7 Å². The third kappa shape index (κ3) is 2.25. The van der Waals surface area contributed by atoms with Crippen molar-refractivity contribution < 1.29 is 19.4 Å². The molecule has 1 N–H and O–H groups in total. The SMILES string of the molecule is CC(C)C(=O)C1CC2C3Cc4ccc(O)c5c4C2(CCN3CC2CC2)C(O5)C1=O. The predicted octanol–water partition coefficient (Wildman–Crippen LogP) is 2.86. The van der Waals surface area contributed by atoms with Gasteiger partial charge in [-0.3, -0.25) is 14.5 Å². The number of carbonyl (C=O) groups excluding carboxylic acids is 2. The first-order valence-electron chi connectivity index (χ1n) is 11.2. The fourth-order valence-electron chi connectivity index (χ4n) is 6.93. The summed E-state index contributed by atoms with van der Waals surface area (Å²) in [5, 5.41) is 10.5. The molecule has 1 saturated heterocycles. The summed E-state index contributed by atoms with van der Waals surface area (Å²) in [6.45, 7) is 5.88. The zero-order valence-electron chi connectivity index (χ0n) is 17.2. The van der Waals surface area contributed by atoms with E-state index in [0.717, 1.165) is 37.4 Å². The standard InChI is InChI=1S/C24H29NO4/c1-12(2)20(27)15-10-16-17-9-14-5-6-18(26)22-19(14)24(16,23(29-22)21(15)28)7-8-25(17)11-13-3-4-13/h5-6,12-13,15-17,23,26H,3-4,7-11H2,1-2H3. The Labute approximate surface area is 171 Å². The lowest BCUT2D eigenvalue weighted by Gasteiger charge is -2.58. The number of hydrogen-bond donors (Lipinski definition) is 1. The van der Waals surface area contributed by atoms with Gasteiger partial charge in [-0.05, 0) is 62.1 Å². The number of Topliss-reactive ketones (excluding diaryl/α,β-unsaturated/α-hetero) is 2. The number of rotatable bonds is 4. The molecule has 1 spiro atoms. The molecule has 0 aromatic heterocycles. The van der Waals surface area contributed by atoms with Gasteiger partial charge in [-0.2, -0.15) is 0 Å². The van der Waals surface area contributed by atoms with Crippen LogP contribution >= 0.6 is 0 Å². The van der Waals surface area contributed by atoms with E-state index in [4.69, 9.17) is 4.74 Å². The number of aromatic hydroxyl groups is 1. The Morgan fingerprint density at radius 3 is 2.86 bits per heavy atom. The van der Waals surface area contributed by atoms with Crippen molar-refractivity contribution in [1.29, 1.82) is 0 Å². The van der Waals surface area contributed by atoms with Crippen LogP contribution in [0.25, 0.3) is 0 Å². The maximum absolute atomic E-state index is 13.5. The fraction of sp³-hybridized carbons (Fsp3) is 0.667. The van der Waals surface area contributed by atoms with Crippen molar-refractivity contribution in [1.82, 2.24) is 4.90 Å². The van der Waals surface area contributed by atoms with Crippen molar-refractivity contribution in [3.05, 3.63) is 23.3 Å². The van der Waals surface area contributed by atoms with E-state index in [9.17, 15) is 14.7 Å². The summed E-state index contributed by atoms with van der Waals surface area (Å²) in [6.07, 6.45) is 4.47. The van der Waals surface area contributed by atoms with Crippen molar-refractivity contribution >= 4 is 11.6 Å². The van der Waals surface area contributed by atoms with Crippen molar-refractivity contribution in [2.45, 2.75) is 63.5 Å². The third-order valence-electron chi connectivity index (χ3n) is 8.42. The number of ether oxygens (including phenoxy) is 1. The Bertz CT molecular complexity index is 920. The van der Waals surface area contributed by atoms with Gasteiger partial charge in [0.25, 0.3) is 0 Å². The molecule has 5 nitrogen and oxygen atoms in total. The Morgan fingerprint density at radius 1 is 1.34 bits per heavy atom. The molecule has 154 valence electrons. The predicted molar refractivity (Wildman–Crippen MR) is 107 cm³/mol. The van der Waals surface area contributed by atoms with Crippen molar-refractivity contribution in [3.63, 3.8) is 0 Å². The second kappa shape index (κ2) is 5.84. The first-order valence-corrected chi connectivity index (χ1v) is 11.2. The van der Waals surface area contributed by atoms with E-state index in [1.807, 2.05) is 19.9 Å². The maximum atomic E-state index is 13.5. The molecule has 0 radical (unpaired) electrons. The van der Waals surface area contributed by atoms with Gasteiger partial charge in [0.2, 0.25) is 0 Å². The zero-order valence-corrected chi connectivity index (χ0v) is 17.2. The number of piperidine rings is 1. The van der Waals surface area contributed by atoms with Gasteiger partial charge in [0.15, 0.2) is 23.4 Å². The maximum Gasteiger partial charge on any atom is 0.184 e. The van der Waals surface area contributed by atoms with Crippen molar-refractivity contribution in [3.8, 4) is 11.5 Å².